The third-order valence-corrected chi connectivity index (χ3v) is 3.43. The van der Waals surface area contributed by atoms with Crippen molar-refractivity contribution in [3.05, 3.63) is 29.8 Å². The zero-order valence-electron chi connectivity index (χ0n) is 10.7. The Morgan fingerprint density at radius 1 is 1.44 bits per heavy atom. The summed E-state index contributed by atoms with van der Waals surface area (Å²) < 4.78 is 0. The highest BCUT2D eigenvalue weighted by molar-refractivity contribution is 5.89. The summed E-state index contributed by atoms with van der Waals surface area (Å²) in [6.45, 7) is 3.68. The van der Waals surface area contributed by atoms with Crippen molar-refractivity contribution in [1.82, 2.24) is 4.90 Å². The highest BCUT2D eigenvalue weighted by Crippen LogP contribution is 2.17. The Balaban J connectivity index is 1.89. The number of nitrogens with one attached hydrogen (secondary N) is 1. The standard InChI is InChI=1S/C14H20N2O2/c1-11-3-2-4-13(9-11)15-14(18)16-7-5-12(10-17)6-8-16/h2-4,9,12,17H,5-8,10H2,1H3,(H,15,18). The second-order valence-electron chi connectivity index (χ2n) is 4.91. The van der Waals surface area contributed by atoms with Gasteiger partial charge in [-0.05, 0) is 43.4 Å². The SMILES string of the molecule is Cc1cccc(NC(=O)N2CCC(CO)CC2)c1. The van der Waals surface area contributed by atoms with Crippen LogP contribution in [0.4, 0.5) is 10.5 Å². The second-order valence-corrected chi connectivity index (χ2v) is 4.91. The number of aryl methyl sites for hydroxylation is 1. The first-order valence-electron chi connectivity index (χ1n) is 6.42. The number of aliphatic hydroxyl groups excluding tert-OH is 1. The van der Waals surface area contributed by atoms with Crippen LogP contribution in [0.1, 0.15) is 18.4 Å². The molecule has 0 atom stereocenters. The quantitative estimate of drug-likeness (QED) is 0.843. The predicted molar refractivity (Wildman–Crippen MR) is 71.6 cm³/mol. The van der Waals surface area contributed by atoms with Crippen molar-refractivity contribution in [2.45, 2.75) is 19.8 Å². The molecule has 0 bridgehead atoms. The van der Waals surface area contributed by atoms with E-state index in [0.29, 0.717) is 5.92 Å². The Morgan fingerprint density at radius 2 is 2.17 bits per heavy atom. The van der Waals surface area contributed by atoms with E-state index in [-0.39, 0.29) is 12.6 Å². The summed E-state index contributed by atoms with van der Waals surface area (Å²) in [4.78, 5) is 13.8. The first-order valence-corrected chi connectivity index (χ1v) is 6.42. The lowest BCUT2D eigenvalue weighted by atomic mass is 9.98. The fraction of sp³-hybridized carbons (Fsp3) is 0.500. The van der Waals surface area contributed by atoms with Crippen LogP contribution in [0.5, 0.6) is 0 Å². The van der Waals surface area contributed by atoms with Gasteiger partial charge in [-0.25, -0.2) is 4.79 Å². The molecule has 0 spiro atoms. The fourth-order valence-corrected chi connectivity index (χ4v) is 2.24. The van der Waals surface area contributed by atoms with Gasteiger partial charge in [0.2, 0.25) is 0 Å². The second kappa shape index (κ2) is 5.87. The molecule has 0 saturated carbocycles. The Hall–Kier alpha value is -1.55. The molecule has 0 radical (unpaired) electrons. The summed E-state index contributed by atoms with van der Waals surface area (Å²) in [6, 6.07) is 7.74. The van der Waals surface area contributed by atoms with Crippen molar-refractivity contribution in [3.8, 4) is 0 Å². The van der Waals surface area contributed by atoms with Crippen molar-refractivity contribution in [3.63, 3.8) is 0 Å². The minimum absolute atomic E-state index is 0.0445. The molecule has 1 aromatic rings. The molecule has 1 aromatic carbocycles. The van der Waals surface area contributed by atoms with Crippen molar-refractivity contribution in [1.29, 1.82) is 0 Å². The average molecular weight is 248 g/mol. The van der Waals surface area contributed by atoms with Crippen molar-refractivity contribution in [2.24, 2.45) is 5.92 Å². The molecule has 1 fully saturated rings. The van der Waals surface area contributed by atoms with Crippen LogP contribution >= 0.6 is 0 Å². The minimum Gasteiger partial charge on any atom is -0.396 e. The number of nitrogens with zero attached hydrogens (tertiary/aromatic N) is 1. The normalized spacial score (nSPS) is 16.7. The number of carbonyl (C=O) groups is 1. The molecule has 1 aliphatic heterocycles. The van der Waals surface area contributed by atoms with Crippen LogP contribution in [0, 0.1) is 12.8 Å². The maximum Gasteiger partial charge on any atom is 0.321 e. The van der Waals surface area contributed by atoms with Gasteiger partial charge in [-0.2, -0.15) is 0 Å². The number of anilines is 1. The zero-order valence-corrected chi connectivity index (χ0v) is 10.7. The van der Waals surface area contributed by atoms with Crippen molar-refractivity contribution < 1.29 is 9.90 Å². The van der Waals surface area contributed by atoms with Crippen molar-refractivity contribution in [2.75, 3.05) is 25.0 Å². The summed E-state index contributed by atoms with van der Waals surface area (Å²) in [6.07, 6.45) is 1.77. The molecule has 0 unspecified atom stereocenters. The summed E-state index contributed by atoms with van der Waals surface area (Å²) >= 11 is 0. The van der Waals surface area contributed by atoms with Crippen LogP contribution in [-0.4, -0.2) is 35.7 Å². The van der Waals surface area contributed by atoms with Gasteiger partial charge in [0.15, 0.2) is 0 Å². The van der Waals surface area contributed by atoms with Crippen LogP contribution in [0.3, 0.4) is 0 Å². The number of aliphatic hydroxyl groups is 1. The van der Waals surface area contributed by atoms with Gasteiger partial charge in [0.05, 0.1) is 0 Å². The van der Waals surface area contributed by atoms with Gasteiger partial charge in [-0.15, -0.1) is 0 Å². The molecule has 1 saturated heterocycles. The predicted octanol–water partition coefficient (Wildman–Crippen LogP) is 2.23. The van der Waals surface area contributed by atoms with E-state index in [0.717, 1.165) is 37.2 Å². The monoisotopic (exact) mass is 248 g/mol. The summed E-state index contributed by atoms with van der Waals surface area (Å²) in [5.41, 5.74) is 1.97. The minimum atomic E-state index is -0.0445. The van der Waals surface area contributed by atoms with Crippen molar-refractivity contribution >= 4 is 11.7 Å². The highest BCUT2D eigenvalue weighted by Gasteiger charge is 2.22. The summed E-state index contributed by atoms with van der Waals surface area (Å²) in [7, 11) is 0. The summed E-state index contributed by atoms with van der Waals surface area (Å²) in [5, 5.41) is 12.0. The molecule has 18 heavy (non-hydrogen) atoms. The first kappa shape index (κ1) is 12.9. The number of benzene rings is 1. The topological polar surface area (TPSA) is 52.6 Å². The van der Waals surface area contributed by atoms with Crippen LogP contribution in [0.15, 0.2) is 24.3 Å². The Kier molecular flexibility index (Phi) is 4.20. The maximum absolute atomic E-state index is 12.0. The number of hydrogen-bond donors (Lipinski definition) is 2. The Bertz CT molecular complexity index is 412. The van der Waals surface area contributed by atoms with Gasteiger partial charge in [0.25, 0.3) is 0 Å². The number of amides is 2. The molecule has 0 aromatic heterocycles. The van der Waals surface area contributed by atoms with E-state index in [1.807, 2.05) is 36.1 Å². The van der Waals surface area contributed by atoms with Crippen LogP contribution < -0.4 is 5.32 Å². The number of piperidine rings is 1. The first-order chi connectivity index (χ1) is 8.69. The number of rotatable bonds is 2. The summed E-state index contributed by atoms with van der Waals surface area (Å²) in [5.74, 6) is 0.355. The number of likely N-dealkylation sites (tertiary alicyclic amines) is 1. The van der Waals surface area contributed by atoms with E-state index in [2.05, 4.69) is 5.32 Å². The number of carbonyl (C=O) groups excluding carboxylic acids is 1. The fourth-order valence-electron chi connectivity index (χ4n) is 2.24. The molecule has 4 heteroatoms. The van der Waals surface area contributed by atoms with Crippen LogP contribution in [-0.2, 0) is 0 Å². The average Bonchev–Trinajstić information content (AvgIpc) is 2.39. The van der Waals surface area contributed by atoms with Gasteiger partial charge in [-0.1, -0.05) is 12.1 Å². The van der Waals surface area contributed by atoms with E-state index in [1.165, 1.54) is 0 Å². The van der Waals surface area contributed by atoms with Gasteiger partial charge in [0, 0.05) is 25.4 Å². The molecule has 98 valence electrons. The molecule has 1 aliphatic rings. The zero-order chi connectivity index (χ0) is 13.0. The van der Waals surface area contributed by atoms with E-state index in [9.17, 15) is 4.79 Å². The van der Waals surface area contributed by atoms with Gasteiger partial charge in [0.1, 0.15) is 0 Å². The maximum atomic E-state index is 12.0. The van der Waals surface area contributed by atoms with E-state index < -0.39 is 0 Å². The third kappa shape index (κ3) is 3.23. The van der Waals surface area contributed by atoms with Gasteiger partial charge < -0.3 is 15.3 Å². The van der Waals surface area contributed by atoms with E-state index in [1.54, 1.807) is 0 Å². The lowest BCUT2D eigenvalue weighted by Gasteiger charge is -2.31. The smallest absolute Gasteiger partial charge is 0.321 e. The molecule has 2 amide bonds. The molecular formula is C14H20N2O2. The number of hydrogen-bond acceptors (Lipinski definition) is 2. The van der Waals surface area contributed by atoms with Gasteiger partial charge >= 0.3 is 6.03 Å². The lowest BCUT2D eigenvalue weighted by molar-refractivity contribution is 0.143. The number of urea groups is 1. The largest absolute Gasteiger partial charge is 0.396 e. The molecule has 2 rings (SSSR count). The third-order valence-electron chi connectivity index (χ3n) is 3.43. The van der Waals surface area contributed by atoms with Crippen LogP contribution in [0.2, 0.25) is 0 Å². The molecule has 4 nitrogen and oxygen atoms in total. The molecule has 2 N–H and O–H groups in total. The van der Waals surface area contributed by atoms with Gasteiger partial charge in [-0.3, -0.25) is 0 Å². The molecule has 1 heterocycles. The lowest BCUT2D eigenvalue weighted by Crippen LogP contribution is -2.41. The van der Waals surface area contributed by atoms with E-state index in [4.69, 9.17) is 5.11 Å². The Labute approximate surface area is 108 Å². The van der Waals surface area contributed by atoms with E-state index >= 15 is 0 Å². The highest BCUT2D eigenvalue weighted by atomic mass is 16.3. The Morgan fingerprint density at radius 3 is 2.78 bits per heavy atom. The molecule has 0 aliphatic carbocycles. The molecular weight excluding hydrogens is 228 g/mol. The van der Waals surface area contributed by atoms with Crippen LogP contribution in [0.25, 0.3) is 0 Å².